The Morgan fingerprint density at radius 2 is 2.33 bits per heavy atom. The minimum atomic E-state index is -0.510. The van der Waals surface area contributed by atoms with Gasteiger partial charge in [-0.25, -0.2) is 4.39 Å². The van der Waals surface area contributed by atoms with Gasteiger partial charge in [0, 0.05) is 4.47 Å². The van der Waals surface area contributed by atoms with E-state index >= 15 is 0 Å². The smallest absolute Gasteiger partial charge is 0.310 e. The fraction of sp³-hybridized carbons (Fsp3) is 0.200. The number of carbonyl (C=O) groups is 1. The molecule has 0 atom stereocenters. The van der Waals surface area contributed by atoms with E-state index < -0.39 is 11.8 Å². The summed E-state index contributed by atoms with van der Waals surface area (Å²) in [6.45, 7) is 0. The third-order valence-corrected chi connectivity index (χ3v) is 2.44. The number of carbonyl (C=O) groups excluding carboxylic acids is 1. The number of nitriles is 1. The number of methoxy groups -OCH3 is 1. The topological polar surface area (TPSA) is 50.1 Å². The van der Waals surface area contributed by atoms with Gasteiger partial charge in [0.2, 0.25) is 0 Å². The Morgan fingerprint density at radius 3 is 2.87 bits per heavy atom. The van der Waals surface area contributed by atoms with Crippen LogP contribution in [0.3, 0.4) is 0 Å². The molecule has 0 bridgehead atoms. The van der Waals surface area contributed by atoms with Crippen molar-refractivity contribution in [3.05, 3.63) is 33.5 Å². The van der Waals surface area contributed by atoms with Crippen molar-refractivity contribution in [1.82, 2.24) is 0 Å². The number of esters is 1. The highest BCUT2D eigenvalue weighted by Crippen LogP contribution is 2.22. The summed E-state index contributed by atoms with van der Waals surface area (Å²) >= 11 is 3.06. The fourth-order valence-electron chi connectivity index (χ4n) is 1.12. The predicted molar refractivity (Wildman–Crippen MR) is 54.5 cm³/mol. The first-order valence-corrected chi connectivity index (χ1v) is 4.82. The fourth-order valence-corrected chi connectivity index (χ4v) is 1.68. The Bertz CT molecular complexity index is 440. The molecule has 3 nitrogen and oxygen atoms in total. The maximum Gasteiger partial charge on any atom is 0.310 e. The van der Waals surface area contributed by atoms with E-state index in [0.29, 0.717) is 10.0 Å². The second kappa shape index (κ2) is 4.89. The van der Waals surface area contributed by atoms with Gasteiger partial charge in [-0.2, -0.15) is 5.26 Å². The molecule has 0 spiro atoms. The minimum absolute atomic E-state index is 0.115. The Morgan fingerprint density at radius 1 is 1.67 bits per heavy atom. The summed E-state index contributed by atoms with van der Waals surface area (Å²) in [7, 11) is 1.24. The molecule has 0 unspecified atom stereocenters. The zero-order chi connectivity index (χ0) is 11.4. The van der Waals surface area contributed by atoms with Gasteiger partial charge in [0.25, 0.3) is 0 Å². The van der Waals surface area contributed by atoms with Crippen LogP contribution in [0.5, 0.6) is 0 Å². The Balaban J connectivity index is 3.16. The molecule has 0 aliphatic carbocycles. The Hall–Kier alpha value is -1.41. The molecule has 1 aromatic carbocycles. The van der Waals surface area contributed by atoms with Crippen LogP contribution < -0.4 is 0 Å². The predicted octanol–water partition coefficient (Wildman–Crippen LogP) is 2.18. The highest BCUT2D eigenvalue weighted by molar-refractivity contribution is 9.10. The van der Waals surface area contributed by atoms with Crippen LogP contribution in [-0.2, 0) is 16.0 Å². The number of hydrogen-bond acceptors (Lipinski definition) is 3. The third kappa shape index (κ3) is 2.77. The minimum Gasteiger partial charge on any atom is -0.469 e. The van der Waals surface area contributed by atoms with E-state index in [1.54, 1.807) is 0 Å². The first-order chi connectivity index (χ1) is 7.08. The Kier molecular flexibility index (Phi) is 3.81. The lowest BCUT2D eigenvalue weighted by Crippen LogP contribution is -2.06. The maximum absolute atomic E-state index is 13.0. The van der Waals surface area contributed by atoms with Crippen molar-refractivity contribution in [3.8, 4) is 6.07 Å². The van der Waals surface area contributed by atoms with Crippen LogP contribution in [0, 0.1) is 17.1 Å². The first kappa shape index (κ1) is 11.7. The molecule has 0 aliphatic heterocycles. The van der Waals surface area contributed by atoms with Gasteiger partial charge in [0.1, 0.15) is 11.9 Å². The third-order valence-electron chi connectivity index (χ3n) is 1.81. The summed E-state index contributed by atoms with van der Waals surface area (Å²) in [5.41, 5.74) is 0.568. The summed E-state index contributed by atoms with van der Waals surface area (Å²) in [5.74, 6) is -1.01. The van der Waals surface area contributed by atoms with Crippen LogP contribution in [0.25, 0.3) is 0 Å². The summed E-state index contributed by atoms with van der Waals surface area (Å²) < 4.78 is 17.8. The molecule has 5 heteroatoms. The molecule has 0 amide bonds. The molecule has 15 heavy (non-hydrogen) atoms. The molecule has 0 radical (unpaired) electrons. The van der Waals surface area contributed by atoms with Gasteiger partial charge < -0.3 is 4.74 Å². The highest BCUT2D eigenvalue weighted by Gasteiger charge is 2.12. The van der Waals surface area contributed by atoms with E-state index in [0.717, 1.165) is 6.07 Å². The summed E-state index contributed by atoms with van der Waals surface area (Å²) in [6.07, 6.45) is -0.115. The summed E-state index contributed by atoms with van der Waals surface area (Å²) in [4.78, 5) is 11.0. The van der Waals surface area contributed by atoms with E-state index in [4.69, 9.17) is 5.26 Å². The number of nitrogens with zero attached hydrogens (tertiary/aromatic N) is 1. The SMILES string of the molecule is COC(=O)Cc1cc(F)cc(Br)c1C#N. The van der Waals surface area contributed by atoms with Crippen LogP contribution in [-0.4, -0.2) is 13.1 Å². The number of rotatable bonds is 2. The summed E-state index contributed by atoms with van der Waals surface area (Å²) in [5, 5.41) is 8.82. The van der Waals surface area contributed by atoms with Crippen molar-refractivity contribution < 1.29 is 13.9 Å². The van der Waals surface area contributed by atoms with Gasteiger partial charge in [0.15, 0.2) is 0 Å². The average molecular weight is 272 g/mol. The van der Waals surface area contributed by atoms with Crippen molar-refractivity contribution in [2.45, 2.75) is 6.42 Å². The maximum atomic E-state index is 13.0. The van der Waals surface area contributed by atoms with Crippen LogP contribution in [0.2, 0.25) is 0 Å². The molecule has 0 saturated heterocycles. The molecule has 0 fully saturated rings. The van der Waals surface area contributed by atoms with Crippen molar-refractivity contribution in [2.75, 3.05) is 7.11 Å². The molecule has 0 heterocycles. The lowest BCUT2D eigenvalue weighted by molar-refractivity contribution is -0.139. The van der Waals surface area contributed by atoms with Gasteiger partial charge in [-0.1, -0.05) is 0 Å². The van der Waals surface area contributed by atoms with Crippen molar-refractivity contribution in [3.63, 3.8) is 0 Å². The number of ether oxygens (including phenoxy) is 1. The quantitative estimate of drug-likeness (QED) is 0.775. The molecular weight excluding hydrogens is 265 g/mol. The van der Waals surface area contributed by atoms with Crippen molar-refractivity contribution in [1.29, 1.82) is 5.26 Å². The number of benzene rings is 1. The van der Waals surface area contributed by atoms with E-state index in [9.17, 15) is 9.18 Å². The zero-order valence-electron chi connectivity index (χ0n) is 7.88. The van der Waals surface area contributed by atoms with Gasteiger partial charge in [-0.3, -0.25) is 4.79 Å². The Labute approximate surface area is 94.6 Å². The second-order valence-electron chi connectivity index (χ2n) is 2.79. The molecule has 1 aromatic rings. The second-order valence-corrected chi connectivity index (χ2v) is 3.64. The van der Waals surface area contributed by atoms with Gasteiger partial charge in [-0.15, -0.1) is 0 Å². The molecule has 1 rings (SSSR count). The molecular formula is C10H7BrFNO2. The number of halogens is 2. The standard InChI is InChI=1S/C10H7BrFNO2/c1-15-10(14)3-6-2-7(12)4-9(11)8(6)5-13/h2,4H,3H2,1H3. The van der Waals surface area contributed by atoms with Gasteiger partial charge in [-0.05, 0) is 33.6 Å². The van der Waals surface area contributed by atoms with Crippen molar-refractivity contribution >= 4 is 21.9 Å². The van der Waals surface area contributed by atoms with Gasteiger partial charge >= 0.3 is 5.97 Å². The zero-order valence-corrected chi connectivity index (χ0v) is 9.47. The monoisotopic (exact) mass is 271 g/mol. The van der Waals surface area contributed by atoms with Crippen LogP contribution in [0.15, 0.2) is 16.6 Å². The van der Waals surface area contributed by atoms with E-state index in [-0.39, 0.29) is 12.0 Å². The lowest BCUT2D eigenvalue weighted by atomic mass is 10.1. The van der Waals surface area contributed by atoms with E-state index in [1.165, 1.54) is 13.2 Å². The molecule has 0 aromatic heterocycles. The van der Waals surface area contributed by atoms with Crippen LogP contribution in [0.1, 0.15) is 11.1 Å². The average Bonchev–Trinajstić information content (AvgIpc) is 2.17. The molecule has 0 aliphatic rings. The lowest BCUT2D eigenvalue weighted by Gasteiger charge is -2.04. The van der Waals surface area contributed by atoms with Crippen LogP contribution in [0.4, 0.5) is 4.39 Å². The molecule has 78 valence electrons. The first-order valence-electron chi connectivity index (χ1n) is 4.03. The van der Waals surface area contributed by atoms with E-state index in [2.05, 4.69) is 20.7 Å². The summed E-state index contributed by atoms with van der Waals surface area (Å²) in [6, 6.07) is 4.23. The largest absolute Gasteiger partial charge is 0.469 e. The molecule has 0 N–H and O–H groups in total. The van der Waals surface area contributed by atoms with Gasteiger partial charge in [0.05, 0.1) is 19.1 Å². The normalized spacial score (nSPS) is 9.47. The number of hydrogen-bond donors (Lipinski definition) is 0. The molecule has 0 saturated carbocycles. The van der Waals surface area contributed by atoms with Crippen molar-refractivity contribution in [2.24, 2.45) is 0 Å². The van der Waals surface area contributed by atoms with Crippen LogP contribution >= 0.6 is 15.9 Å². The highest BCUT2D eigenvalue weighted by atomic mass is 79.9. The van der Waals surface area contributed by atoms with E-state index in [1.807, 2.05) is 6.07 Å².